The molecule has 0 saturated heterocycles. The molecule has 2 rings (SSSR count). The molecular formula is C17H21Cl2N4O3+. The number of hydrogen-bond acceptors (Lipinski definition) is 4. The fourth-order valence-corrected chi connectivity index (χ4v) is 3.05. The van der Waals surface area contributed by atoms with Gasteiger partial charge in [0.1, 0.15) is 24.5 Å². The molecule has 1 heterocycles. The number of nitrogen functional groups attached to an aromatic ring is 1. The molecule has 4 N–H and O–H groups in total. The first kappa shape index (κ1) is 20.2. The third kappa shape index (κ3) is 4.55. The molecule has 0 saturated carbocycles. The number of Topliss-reactive ketones (excluding diaryl/α,β-unsaturated/α-hetero) is 1. The van der Waals surface area contributed by atoms with Gasteiger partial charge >= 0.3 is 5.69 Å². The number of rotatable bonds is 7. The molecule has 0 spiro atoms. The Labute approximate surface area is 160 Å². The lowest BCUT2D eigenvalue weighted by Crippen LogP contribution is -3.08. The number of nitrogens with one attached hydrogen (secondary N) is 2. The van der Waals surface area contributed by atoms with Crippen molar-refractivity contribution in [2.75, 3.05) is 19.3 Å². The first-order chi connectivity index (χ1) is 12.2. The SMILES string of the molecule is CCCn1c(N)c(C(=O)C[NH+](C)Cc2ccc(Cl)c(Cl)c2)c(=O)[nH]c1=O. The zero-order chi connectivity index (χ0) is 19.4. The van der Waals surface area contributed by atoms with Gasteiger partial charge in [-0.1, -0.05) is 36.2 Å². The van der Waals surface area contributed by atoms with Crippen LogP contribution < -0.4 is 21.9 Å². The quantitative estimate of drug-likeness (QED) is 0.597. The molecule has 0 bridgehead atoms. The lowest BCUT2D eigenvalue weighted by atomic mass is 10.1. The predicted molar refractivity (Wildman–Crippen MR) is 102 cm³/mol. The minimum atomic E-state index is -0.757. The van der Waals surface area contributed by atoms with E-state index in [-0.39, 0.29) is 17.9 Å². The molecule has 9 heteroatoms. The highest BCUT2D eigenvalue weighted by Gasteiger charge is 2.22. The van der Waals surface area contributed by atoms with Crippen molar-refractivity contribution >= 4 is 34.8 Å². The molecule has 0 fully saturated rings. The van der Waals surface area contributed by atoms with Crippen LogP contribution in [0.3, 0.4) is 0 Å². The van der Waals surface area contributed by atoms with Crippen molar-refractivity contribution in [3.05, 3.63) is 60.2 Å². The number of halogens is 2. The molecular weight excluding hydrogens is 379 g/mol. The Morgan fingerprint density at radius 1 is 1.27 bits per heavy atom. The first-order valence-electron chi connectivity index (χ1n) is 8.15. The molecule has 1 atom stereocenters. The van der Waals surface area contributed by atoms with Crippen LogP contribution in [0.1, 0.15) is 29.3 Å². The summed E-state index contributed by atoms with van der Waals surface area (Å²) in [5.74, 6) is -0.515. The third-order valence-electron chi connectivity index (χ3n) is 3.92. The number of quaternary nitrogens is 1. The number of benzene rings is 1. The number of hydrogen-bond donors (Lipinski definition) is 3. The van der Waals surface area contributed by atoms with Crippen molar-refractivity contribution in [3.8, 4) is 0 Å². The first-order valence-corrected chi connectivity index (χ1v) is 8.91. The van der Waals surface area contributed by atoms with Gasteiger partial charge in [-0.05, 0) is 18.6 Å². The molecule has 0 aliphatic heterocycles. The summed E-state index contributed by atoms with van der Waals surface area (Å²) < 4.78 is 1.21. The van der Waals surface area contributed by atoms with Gasteiger partial charge in [-0.25, -0.2) is 4.79 Å². The average Bonchev–Trinajstić information content (AvgIpc) is 2.54. The van der Waals surface area contributed by atoms with Crippen molar-refractivity contribution in [1.82, 2.24) is 9.55 Å². The van der Waals surface area contributed by atoms with Crippen LogP contribution in [-0.2, 0) is 13.1 Å². The summed E-state index contributed by atoms with van der Waals surface area (Å²) in [7, 11) is 1.81. The number of nitrogens with zero attached hydrogens (tertiary/aromatic N) is 1. The van der Waals surface area contributed by atoms with Crippen LogP contribution >= 0.6 is 23.2 Å². The molecule has 0 aliphatic carbocycles. The summed E-state index contributed by atoms with van der Waals surface area (Å²) in [6.45, 7) is 2.74. The molecule has 1 unspecified atom stereocenters. The second kappa shape index (κ2) is 8.53. The van der Waals surface area contributed by atoms with Gasteiger partial charge in [0.2, 0.25) is 5.78 Å². The summed E-state index contributed by atoms with van der Waals surface area (Å²) in [5, 5.41) is 0.900. The number of H-pyrrole nitrogens is 1. The zero-order valence-corrected chi connectivity index (χ0v) is 16.1. The summed E-state index contributed by atoms with van der Waals surface area (Å²) in [6, 6.07) is 5.25. The van der Waals surface area contributed by atoms with E-state index in [1.54, 1.807) is 12.1 Å². The summed E-state index contributed by atoms with van der Waals surface area (Å²) in [6.07, 6.45) is 0.645. The fraction of sp³-hybridized carbons (Fsp3) is 0.353. The Bertz CT molecular complexity index is 937. The second-order valence-corrected chi connectivity index (χ2v) is 6.97. The van der Waals surface area contributed by atoms with E-state index in [1.165, 1.54) is 4.57 Å². The molecule has 140 valence electrons. The normalized spacial score (nSPS) is 12.2. The highest BCUT2D eigenvalue weighted by Crippen LogP contribution is 2.22. The minimum Gasteiger partial charge on any atom is -0.384 e. The van der Waals surface area contributed by atoms with Crippen LogP contribution in [0.15, 0.2) is 27.8 Å². The van der Waals surface area contributed by atoms with Crippen LogP contribution in [0.4, 0.5) is 5.82 Å². The summed E-state index contributed by atoms with van der Waals surface area (Å²) in [5.41, 5.74) is 5.28. The number of likely N-dealkylation sites (N-methyl/N-ethyl adjacent to an activating group) is 1. The van der Waals surface area contributed by atoms with E-state index >= 15 is 0 Å². The molecule has 0 amide bonds. The van der Waals surface area contributed by atoms with Gasteiger partial charge < -0.3 is 10.6 Å². The zero-order valence-electron chi connectivity index (χ0n) is 14.6. The lowest BCUT2D eigenvalue weighted by molar-refractivity contribution is -0.884. The standard InChI is InChI=1S/C17H20Cl2N4O3/c1-3-6-23-15(20)14(16(25)21-17(23)26)13(24)9-22(2)8-10-4-5-11(18)12(19)7-10/h4-5,7H,3,6,8-9,20H2,1-2H3,(H,21,25,26)/p+1. The predicted octanol–water partition coefficient (Wildman–Crippen LogP) is 0.733. The summed E-state index contributed by atoms with van der Waals surface area (Å²) >= 11 is 11.9. The van der Waals surface area contributed by atoms with Gasteiger partial charge in [0.05, 0.1) is 17.1 Å². The molecule has 26 heavy (non-hydrogen) atoms. The van der Waals surface area contributed by atoms with Crippen molar-refractivity contribution in [3.63, 3.8) is 0 Å². The van der Waals surface area contributed by atoms with Crippen LogP contribution in [0.25, 0.3) is 0 Å². The van der Waals surface area contributed by atoms with Gasteiger partial charge in [0.15, 0.2) is 0 Å². The van der Waals surface area contributed by atoms with Crippen molar-refractivity contribution in [2.45, 2.75) is 26.4 Å². The largest absolute Gasteiger partial charge is 0.384 e. The van der Waals surface area contributed by atoms with Crippen molar-refractivity contribution in [2.24, 2.45) is 0 Å². The van der Waals surface area contributed by atoms with E-state index in [1.807, 2.05) is 20.0 Å². The topological polar surface area (TPSA) is 102 Å². The van der Waals surface area contributed by atoms with Gasteiger partial charge in [-0.2, -0.15) is 0 Å². The maximum Gasteiger partial charge on any atom is 0.329 e. The van der Waals surface area contributed by atoms with E-state index in [0.717, 1.165) is 10.5 Å². The highest BCUT2D eigenvalue weighted by molar-refractivity contribution is 6.42. The molecule has 7 nitrogen and oxygen atoms in total. The van der Waals surface area contributed by atoms with Crippen molar-refractivity contribution < 1.29 is 9.69 Å². The monoisotopic (exact) mass is 399 g/mol. The average molecular weight is 400 g/mol. The maximum atomic E-state index is 12.6. The third-order valence-corrected chi connectivity index (χ3v) is 4.66. The number of aromatic nitrogens is 2. The highest BCUT2D eigenvalue weighted by atomic mass is 35.5. The van der Waals surface area contributed by atoms with Crippen molar-refractivity contribution in [1.29, 1.82) is 0 Å². The van der Waals surface area contributed by atoms with Crippen LogP contribution in [0.2, 0.25) is 10.0 Å². The van der Waals surface area contributed by atoms with Crippen LogP contribution in [0.5, 0.6) is 0 Å². The Balaban J connectivity index is 2.21. The summed E-state index contributed by atoms with van der Waals surface area (Å²) in [4.78, 5) is 39.5. The minimum absolute atomic E-state index is 0.0395. The second-order valence-electron chi connectivity index (χ2n) is 6.15. The number of carbonyl (C=O) groups is 1. The van der Waals surface area contributed by atoms with Crippen LogP contribution in [0, 0.1) is 0 Å². The van der Waals surface area contributed by atoms with Crippen LogP contribution in [-0.4, -0.2) is 28.9 Å². The Morgan fingerprint density at radius 3 is 2.58 bits per heavy atom. The molecule has 1 aromatic heterocycles. The Kier molecular flexibility index (Phi) is 6.63. The fourth-order valence-electron chi connectivity index (χ4n) is 2.73. The van der Waals surface area contributed by atoms with E-state index in [9.17, 15) is 14.4 Å². The molecule has 0 radical (unpaired) electrons. The molecule has 0 aliphatic rings. The number of carbonyl (C=O) groups excluding carboxylic acids is 1. The van der Waals surface area contributed by atoms with Gasteiger partial charge in [-0.3, -0.25) is 19.1 Å². The Hall–Kier alpha value is -2.09. The van der Waals surface area contributed by atoms with E-state index < -0.39 is 17.0 Å². The van der Waals surface area contributed by atoms with Gasteiger partial charge in [0, 0.05) is 12.1 Å². The number of anilines is 1. The molecule has 1 aromatic carbocycles. The molecule has 2 aromatic rings. The number of aromatic amines is 1. The van der Waals surface area contributed by atoms with Gasteiger partial charge in [0.25, 0.3) is 5.56 Å². The lowest BCUT2D eigenvalue weighted by Gasteiger charge is -2.15. The Morgan fingerprint density at radius 2 is 1.96 bits per heavy atom. The van der Waals surface area contributed by atoms with Gasteiger partial charge in [-0.15, -0.1) is 0 Å². The van der Waals surface area contributed by atoms with E-state index in [0.29, 0.717) is 29.6 Å². The maximum absolute atomic E-state index is 12.6. The number of ketones is 1. The van der Waals surface area contributed by atoms with E-state index in [2.05, 4.69) is 4.98 Å². The smallest absolute Gasteiger partial charge is 0.329 e. The van der Waals surface area contributed by atoms with E-state index in [4.69, 9.17) is 28.9 Å². The number of nitrogens with two attached hydrogens (primary N) is 1.